The smallest absolute Gasteiger partial charge is 0.194 e. The molecule has 1 aromatic heterocycles. The van der Waals surface area contributed by atoms with Crippen LogP contribution in [0, 0.1) is 0 Å². The minimum absolute atomic E-state index is 0. The number of anilines is 1. The first-order chi connectivity index (χ1) is 12.3. The van der Waals surface area contributed by atoms with Crippen molar-refractivity contribution in [3.05, 3.63) is 46.7 Å². The molecule has 1 saturated heterocycles. The van der Waals surface area contributed by atoms with E-state index >= 15 is 0 Å². The van der Waals surface area contributed by atoms with Crippen LogP contribution in [0.3, 0.4) is 0 Å². The van der Waals surface area contributed by atoms with E-state index in [9.17, 15) is 0 Å². The van der Waals surface area contributed by atoms with Crippen molar-refractivity contribution in [3.8, 4) is 5.75 Å². The highest BCUT2D eigenvalue weighted by molar-refractivity contribution is 14.0. The second kappa shape index (κ2) is 10.6. The van der Waals surface area contributed by atoms with Gasteiger partial charge in [-0.25, -0.2) is 4.99 Å². The van der Waals surface area contributed by atoms with Crippen molar-refractivity contribution in [1.29, 1.82) is 0 Å². The maximum Gasteiger partial charge on any atom is 0.194 e. The minimum atomic E-state index is 0. The number of thiophene rings is 1. The van der Waals surface area contributed by atoms with E-state index in [4.69, 9.17) is 9.73 Å². The molecule has 1 aliphatic rings. The normalized spacial score (nSPS) is 14.8. The molecule has 0 amide bonds. The van der Waals surface area contributed by atoms with Crippen molar-refractivity contribution in [2.75, 3.05) is 44.7 Å². The number of ether oxygens (including phenoxy) is 1. The van der Waals surface area contributed by atoms with Crippen LogP contribution >= 0.6 is 35.3 Å². The molecule has 1 fully saturated rings. The van der Waals surface area contributed by atoms with Crippen LogP contribution in [0.15, 0.2) is 46.8 Å². The predicted molar refractivity (Wildman–Crippen MR) is 121 cm³/mol. The van der Waals surface area contributed by atoms with Crippen molar-refractivity contribution in [2.24, 2.45) is 4.99 Å². The van der Waals surface area contributed by atoms with Gasteiger partial charge in [-0.05, 0) is 30.5 Å². The Morgan fingerprint density at radius 3 is 2.65 bits per heavy atom. The third kappa shape index (κ3) is 5.51. The van der Waals surface area contributed by atoms with Gasteiger partial charge < -0.3 is 19.9 Å². The Hall–Kier alpha value is -1.48. The Kier molecular flexibility index (Phi) is 8.50. The van der Waals surface area contributed by atoms with Crippen LogP contribution in [0.1, 0.15) is 11.8 Å². The van der Waals surface area contributed by atoms with Crippen LogP contribution < -0.4 is 15.0 Å². The summed E-state index contributed by atoms with van der Waals surface area (Å²) >= 11 is 1.76. The molecule has 0 spiro atoms. The van der Waals surface area contributed by atoms with Crippen molar-refractivity contribution < 1.29 is 4.74 Å². The lowest BCUT2D eigenvalue weighted by Gasteiger charge is -2.37. The van der Waals surface area contributed by atoms with Gasteiger partial charge >= 0.3 is 0 Å². The van der Waals surface area contributed by atoms with E-state index in [1.807, 2.05) is 12.1 Å². The molecule has 1 aliphatic heterocycles. The third-order valence-electron chi connectivity index (χ3n) is 4.30. The molecule has 0 unspecified atom stereocenters. The number of hydrogen-bond donors (Lipinski definition) is 1. The zero-order valence-electron chi connectivity index (χ0n) is 15.4. The predicted octanol–water partition coefficient (Wildman–Crippen LogP) is 3.66. The van der Waals surface area contributed by atoms with E-state index in [-0.39, 0.29) is 24.0 Å². The number of nitrogens with one attached hydrogen (secondary N) is 1. The summed E-state index contributed by atoms with van der Waals surface area (Å²) in [6.45, 7) is 7.65. The van der Waals surface area contributed by atoms with Crippen LogP contribution in [-0.2, 0) is 6.54 Å². The van der Waals surface area contributed by atoms with Crippen molar-refractivity contribution >= 4 is 47.0 Å². The number of piperazine rings is 1. The van der Waals surface area contributed by atoms with Crippen LogP contribution in [0.25, 0.3) is 0 Å². The van der Waals surface area contributed by atoms with Gasteiger partial charge in [-0.3, -0.25) is 0 Å². The van der Waals surface area contributed by atoms with Crippen LogP contribution in [0.5, 0.6) is 5.75 Å². The monoisotopic (exact) mass is 486 g/mol. The van der Waals surface area contributed by atoms with Gasteiger partial charge in [-0.1, -0.05) is 12.1 Å². The standard InChI is InChI=1S/C19H26N4OS.HI/c1-3-20-19(21-15-18-8-5-13-25-18)23-11-9-22(10-12-23)16-6-4-7-17(14-16)24-2;/h4-8,13-14H,3,9-12,15H2,1-2H3,(H,20,21);1H. The van der Waals surface area contributed by atoms with Gasteiger partial charge in [0.2, 0.25) is 0 Å². The first kappa shape index (κ1) is 20.8. The van der Waals surface area contributed by atoms with E-state index < -0.39 is 0 Å². The highest BCUT2D eigenvalue weighted by atomic mass is 127. The van der Waals surface area contributed by atoms with E-state index in [0.717, 1.165) is 51.0 Å². The zero-order valence-corrected chi connectivity index (χ0v) is 18.5. The molecule has 26 heavy (non-hydrogen) atoms. The Bertz CT molecular complexity index is 685. The summed E-state index contributed by atoms with van der Waals surface area (Å²) in [7, 11) is 1.71. The summed E-state index contributed by atoms with van der Waals surface area (Å²) < 4.78 is 5.34. The van der Waals surface area contributed by atoms with Crippen molar-refractivity contribution in [3.63, 3.8) is 0 Å². The van der Waals surface area contributed by atoms with Crippen LogP contribution in [0.2, 0.25) is 0 Å². The molecule has 0 radical (unpaired) electrons. The average Bonchev–Trinajstić information content (AvgIpc) is 3.19. The molecule has 0 aliphatic carbocycles. The molecule has 3 rings (SSSR count). The van der Waals surface area contributed by atoms with E-state index in [1.165, 1.54) is 10.6 Å². The van der Waals surface area contributed by atoms with Gasteiger partial charge in [-0.2, -0.15) is 0 Å². The summed E-state index contributed by atoms with van der Waals surface area (Å²) in [5.74, 6) is 1.92. The lowest BCUT2D eigenvalue weighted by atomic mass is 10.2. The summed E-state index contributed by atoms with van der Waals surface area (Å²) in [5.41, 5.74) is 1.22. The summed E-state index contributed by atoms with van der Waals surface area (Å²) in [4.78, 5) is 10.9. The molecule has 2 aromatic rings. The summed E-state index contributed by atoms with van der Waals surface area (Å²) in [5, 5.41) is 5.53. The molecular weight excluding hydrogens is 459 g/mol. The molecule has 0 atom stereocenters. The lowest BCUT2D eigenvalue weighted by Crippen LogP contribution is -2.52. The fourth-order valence-electron chi connectivity index (χ4n) is 2.96. The molecule has 0 saturated carbocycles. The molecule has 1 N–H and O–H groups in total. The molecule has 0 bridgehead atoms. The molecule has 1 aromatic carbocycles. The minimum Gasteiger partial charge on any atom is -0.497 e. The van der Waals surface area contributed by atoms with E-state index in [2.05, 4.69) is 51.7 Å². The Morgan fingerprint density at radius 2 is 2.00 bits per heavy atom. The van der Waals surface area contributed by atoms with Gasteiger partial charge in [-0.15, -0.1) is 35.3 Å². The van der Waals surface area contributed by atoms with Gasteiger partial charge in [0.25, 0.3) is 0 Å². The van der Waals surface area contributed by atoms with Gasteiger partial charge in [0.05, 0.1) is 13.7 Å². The van der Waals surface area contributed by atoms with Crippen molar-refractivity contribution in [1.82, 2.24) is 10.2 Å². The number of aliphatic imine (C=N–C) groups is 1. The Balaban J connectivity index is 0.00000243. The molecule has 142 valence electrons. The van der Waals surface area contributed by atoms with E-state index in [1.54, 1.807) is 18.4 Å². The van der Waals surface area contributed by atoms with Gasteiger partial charge in [0.1, 0.15) is 5.75 Å². The maximum absolute atomic E-state index is 5.34. The Labute approximate surface area is 177 Å². The van der Waals surface area contributed by atoms with Crippen LogP contribution in [0.4, 0.5) is 5.69 Å². The fourth-order valence-corrected chi connectivity index (χ4v) is 3.59. The second-order valence-corrected chi connectivity index (χ2v) is 6.96. The first-order valence-corrected chi connectivity index (χ1v) is 9.62. The fraction of sp³-hybridized carbons (Fsp3) is 0.421. The van der Waals surface area contributed by atoms with E-state index in [0.29, 0.717) is 0 Å². The summed E-state index contributed by atoms with van der Waals surface area (Å²) in [6.07, 6.45) is 0. The number of methoxy groups -OCH3 is 1. The topological polar surface area (TPSA) is 40.1 Å². The van der Waals surface area contributed by atoms with Crippen molar-refractivity contribution in [2.45, 2.75) is 13.5 Å². The van der Waals surface area contributed by atoms with Crippen LogP contribution in [-0.4, -0.2) is 50.7 Å². The molecular formula is C19H27IN4OS. The van der Waals surface area contributed by atoms with Gasteiger partial charge in [0, 0.05) is 49.4 Å². The number of guanidine groups is 1. The molecule has 7 heteroatoms. The summed E-state index contributed by atoms with van der Waals surface area (Å²) in [6, 6.07) is 12.5. The average molecular weight is 486 g/mol. The quantitative estimate of drug-likeness (QED) is 0.398. The zero-order chi connectivity index (χ0) is 17.5. The number of hydrogen-bond acceptors (Lipinski definition) is 4. The number of nitrogens with zero attached hydrogens (tertiary/aromatic N) is 3. The third-order valence-corrected chi connectivity index (χ3v) is 5.16. The lowest BCUT2D eigenvalue weighted by molar-refractivity contribution is 0.372. The first-order valence-electron chi connectivity index (χ1n) is 8.75. The highest BCUT2D eigenvalue weighted by Crippen LogP contribution is 2.22. The SMILES string of the molecule is CCNC(=NCc1cccs1)N1CCN(c2cccc(OC)c2)CC1.I. The number of rotatable bonds is 5. The highest BCUT2D eigenvalue weighted by Gasteiger charge is 2.20. The molecule has 5 nitrogen and oxygen atoms in total. The molecule has 2 heterocycles. The van der Waals surface area contributed by atoms with Gasteiger partial charge in [0.15, 0.2) is 5.96 Å². The number of halogens is 1. The maximum atomic E-state index is 5.34. The second-order valence-electron chi connectivity index (χ2n) is 5.93. The largest absolute Gasteiger partial charge is 0.497 e. The Morgan fingerprint density at radius 1 is 1.19 bits per heavy atom. The number of benzene rings is 1.